The second-order valence-corrected chi connectivity index (χ2v) is 4.75. The Morgan fingerprint density at radius 3 is 2.57 bits per heavy atom. The van der Waals surface area contributed by atoms with Crippen molar-refractivity contribution in [2.75, 3.05) is 20.2 Å². The zero-order valence-corrected chi connectivity index (χ0v) is 15.8. The molecule has 23 heavy (non-hydrogen) atoms. The summed E-state index contributed by atoms with van der Waals surface area (Å²) in [5, 5.41) is 9.97. The third kappa shape index (κ3) is 6.85. The molecule has 0 unspecified atom stereocenters. The van der Waals surface area contributed by atoms with Crippen LogP contribution in [-0.4, -0.2) is 36.3 Å². The molecule has 7 nitrogen and oxygen atoms in total. The first-order valence-corrected chi connectivity index (χ1v) is 7.10. The lowest BCUT2D eigenvalue weighted by molar-refractivity contribution is 0.321. The van der Waals surface area contributed by atoms with Gasteiger partial charge in [-0.05, 0) is 26.0 Å². The molecule has 2 N–H and O–H groups in total. The maximum absolute atomic E-state index is 5.64. The van der Waals surface area contributed by atoms with Gasteiger partial charge in [-0.15, -0.1) is 24.0 Å². The largest absolute Gasteiger partial charge is 0.492 e. The number of aromatic nitrogens is 2. The molecule has 1 aromatic heterocycles. The van der Waals surface area contributed by atoms with Crippen LogP contribution in [0.1, 0.15) is 17.3 Å². The Hall–Kier alpha value is -1.84. The molecule has 0 amide bonds. The Morgan fingerprint density at radius 2 is 1.96 bits per heavy atom. The predicted octanol–water partition coefficient (Wildman–Crippen LogP) is 2.05. The number of nitrogens with one attached hydrogen (secondary N) is 2. The first-order chi connectivity index (χ1) is 10.7. The highest BCUT2D eigenvalue weighted by Crippen LogP contribution is 2.10. The van der Waals surface area contributed by atoms with Crippen LogP contribution in [0.4, 0.5) is 0 Å². The second-order valence-electron chi connectivity index (χ2n) is 4.75. The highest BCUT2D eigenvalue weighted by molar-refractivity contribution is 14.0. The lowest BCUT2D eigenvalue weighted by Gasteiger charge is -2.11. The molecule has 1 heterocycles. The van der Waals surface area contributed by atoms with Crippen LogP contribution in [0.3, 0.4) is 0 Å². The van der Waals surface area contributed by atoms with Crippen LogP contribution in [0.2, 0.25) is 0 Å². The van der Waals surface area contributed by atoms with Gasteiger partial charge in [-0.1, -0.05) is 22.9 Å². The fourth-order valence-corrected chi connectivity index (χ4v) is 1.76. The number of aliphatic imine (C=N–C) groups is 1. The van der Waals surface area contributed by atoms with E-state index < -0.39 is 0 Å². The topological polar surface area (TPSA) is 84.6 Å². The van der Waals surface area contributed by atoms with Crippen molar-refractivity contribution in [3.63, 3.8) is 0 Å². The van der Waals surface area contributed by atoms with Crippen molar-refractivity contribution in [3.05, 3.63) is 41.5 Å². The van der Waals surface area contributed by atoms with Gasteiger partial charge in [0.1, 0.15) is 12.4 Å². The number of rotatable bonds is 6. The summed E-state index contributed by atoms with van der Waals surface area (Å²) < 4.78 is 10.7. The van der Waals surface area contributed by atoms with Crippen molar-refractivity contribution in [3.8, 4) is 5.75 Å². The summed E-state index contributed by atoms with van der Waals surface area (Å²) in [7, 11) is 1.70. The van der Waals surface area contributed by atoms with E-state index in [9.17, 15) is 0 Å². The molecule has 1 aromatic carbocycles. The molecular weight excluding hydrogens is 409 g/mol. The number of nitrogens with zero attached hydrogens (tertiary/aromatic N) is 3. The van der Waals surface area contributed by atoms with Crippen molar-refractivity contribution < 1.29 is 9.26 Å². The Labute approximate surface area is 152 Å². The van der Waals surface area contributed by atoms with Gasteiger partial charge in [0.15, 0.2) is 11.8 Å². The fourth-order valence-electron chi connectivity index (χ4n) is 1.76. The van der Waals surface area contributed by atoms with Gasteiger partial charge in [-0.3, -0.25) is 4.99 Å². The van der Waals surface area contributed by atoms with Gasteiger partial charge in [0.2, 0.25) is 5.89 Å². The average molecular weight is 431 g/mol. The van der Waals surface area contributed by atoms with Crippen molar-refractivity contribution in [2.24, 2.45) is 4.99 Å². The second kappa shape index (κ2) is 10.0. The number of ether oxygens (including phenoxy) is 1. The van der Waals surface area contributed by atoms with E-state index in [1.165, 1.54) is 5.56 Å². The van der Waals surface area contributed by atoms with E-state index >= 15 is 0 Å². The highest BCUT2D eigenvalue weighted by atomic mass is 127. The van der Waals surface area contributed by atoms with Gasteiger partial charge < -0.3 is 19.9 Å². The number of halogens is 1. The molecule has 0 spiro atoms. The molecule has 126 valence electrons. The summed E-state index contributed by atoms with van der Waals surface area (Å²) in [6, 6.07) is 7.96. The minimum atomic E-state index is 0. The monoisotopic (exact) mass is 431 g/mol. The molecule has 0 aliphatic carbocycles. The SMILES string of the molecule is CN=C(NCCOc1ccc(C)cc1)NCc1nc(C)no1.I. The lowest BCUT2D eigenvalue weighted by Crippen LogP contribution is -2.38. The predicted molar refractivity (Wildman–Crippen MR) is 99.3 cm³/mol. The summed E-state index contributed by atoms with van der Waals surface area (Å²) in [6.45, 7) is 5.44. The van der Waals surface area contributed by atoms with E-state index in [1.54, 1.807) is 14.0 Å². The van der Waals surface area contributed by atoms with Crippen molar-refractivity contribution in [2.45, 2.75) is 20.4 Å². The smallest absolute Gasteiger partial charge is 0.246 e. The molecule has 0 aliphatic heterocycles. The van der Waals surface area contributed by atoms with E-state index in [2.05, 4.69) is 25.8 Å². The van der Waals surface area contributed by atoms with Gasteiger partial charge in [0, 0.05) is 7.05 Å². The van der Waals surface area contributed by atoms with Gasteiger partial charge >= 0.3 is 0 Å². The number of aryl methyl sites for hydroxylation is 2. The number of benzene rings is 1. The summed E-state index contributed by atoms with van der Waals surface area (Å²) in [4.78, 5) is 8.23. The fraction of sp³-hybridized carbons (Fsp3) is 0.400. The van der Waals surface area contributed by atoms with E-state index in [4.69, 9.17) is 9.26 Å². The molecule has 0 radical (unpaired) electrons. The third-order valence-electron chi connectivity index (χ3n) is 2.88. The summed E-state index contributed by atoms with van der Waals surface area (Å²) in [5.41, 5.74) is 1.21. The molecule has 0 atom stereocenters. The third-order valence-corrected chi connectivity index (χ3v) is 2.88. The van der Waals surface area contributed by atoms with Crippen molar-refractivity contribution >= 4 is 29.9 Å². The van der Waals surface area contributed by atoms with Gasteiger partial charge in [-0.2, -0.15) is 4.98 Å². The molecule has 2 aromatic rings. The summed E-state index contributed by atoms with van der Waals surface area (Å²) >= 11 is 0. The number of hydrogen-bond acceptors (Lipinski definition) is 5. The van der Waals surface area contributed by atoms with Crippen LogP contribution in [0, 0.1) is 13.8 Å². The zero-order chi connectivity index (χ0) is 15.8. The average Bonchev–Trinajstić information content (AvgIpc) is 2.94. The molecule has 0 aliphatic rings. The highest BCUT2D eigenvalue weighted by Gasteiger charge is 2.04. The first kappa shape index (κ1) is 19.2. The van der Waals surface area contributed by atoms with E-state index in [0.717, 1.165) is 5.75 Å². The summed E-state index contributed by atoms with van der Waals surface area (Å²) in [6.07, 6.45) is 0. The Bertz CT molecular complexity index is 613. The molecule has 8 heteroatoms. The van der Waals surface area contributed by atoms with Crippen LogP contribution >= 0.6 is 24.0 Å². The Balaban J connectivity index is 0.00000264. The maximum Gasteiger partial charge on any atom is 0.246 e. The van der Waals surface area contributed by atoms with Crippen molar-refractivity contribution in [1.29, 1.82) is 0 Å². The van der Waals surface area contributed by atoms with E-state index in [0.29, 0.717) is 37.4 Å². The minimum absolute atomic E-state index is 0. The van der Waals surface area contributed by atoms with Crippen LogP contribution in [0.15, 0.2) is 33.8 Å². The normalized spacial score (nSPS) is 10.8. The lowest BCUT2D eigenvalue weighted by atomic mass is 10.2. The maximum atomic E-state index is 5.64. The van der Waals surface area contributed by atoms with Crippen LogP contribution in [0.25, 0.3) is 0 Å². The minimum Gasteiger partial charge on any atom is -0.492 e. The Morgan fingerprint density at radius 1 is 1.22 bits per heavy atom. The molecule has 0 saturated carbocycles. The van der Waals surface area contributed by atoms with Crippen LogP contribution in [-0.2, 0) is 6.54 Å². The van der Waals surface area contributed by atoms with Crippen LogP contribution < -0.4 is 15.4 Å². The Kier molecular flexibility index (Phi) is 8.38. The molecule has 2 rings (SSSR count). The van der Waals surface area contributed by atoms with Crippen LogP contribution in [0.5, 0.6) is 5.75 Å². The molecule has 0 saturated heterocycles. The molecule has 0 fully saturated rings. The van der Waals surface area contributed by atoms with Gasteiger partial charge in [-0.25, -0.2) is 0 Å². The molecule has 0 bridgehead atoms. The van der Waals surface area contributed by atoms with E-state index in [1.807, 2.05) is 31.2 Å². The molecular formula is C15H22IN5O2. The number of hydrogen-bond donors (Lipinski definition) is 2. The van der Waals surface area contributed by atoms with E-state index in [-0.39, 0.29) is 24.0 Å². The zero-order valence-electron chi connectivity index (χ0n) is 13.5. The summed E-state index contributed by atoms with van der Waals surface area (Å²) in [5.74, 6) is 2.66. The number of guanidine groups is 1. The van der Waals surface area contributed by atoms with Gasteiger partial charge in [0.25, 0.3) is 0 Å². The van der Waals surface area contributed by atoms with Crippen molar-refractivity contribution in [1.82, 2.24) is 20.8 Å². The van der Waals surface area contributed by atoms with Gasteiger partial charge in [0.05, 0.1) is 13.1 Å². The quantitative estimate of drug-likeness (QED) is 0.315. The first-order valence-electron chi connectivity index (χ1n) is 7.10. The standard InChI is InChI=1S/C15H21N5O2.HI/c1-11-4-6-13(7-5-11)21-9-8-17-15(16-3)18-10-14-19-12(2)20-22-14;/h4-7H,8-10H2,1-3H3,(H2,16,17,18);1H.